The molecule has 2 heterocycles. The number of nitrogens with one attached hydrogen (secondary N) is 2. The highest BCUT2D eigenvalue weighted by Crippen LogP contribution is 2.42. The van der Waals surface area contributed by atoms with Gasteiger partial charge >= 0.3 is 0 Å². The highest BCUT2D eigenvalue weighted by molar-refractivity contribution is 7.09. The summed E-state index contributed by atoms with van der Waals surface area (Å²) in [6.07, 6.45) is 7.43. The molecule has 0 radical (unpaired) electrons. The molecule has 1 aliphatic heterocycles. The molecule has 1 saturated heterocycles. The molecule has 4 heteroatoms. The third-order valence-corrected chi connectivity index (χ3v) is 4.93. The summed E-state index contributed by atoms with van der Waals surface area (Å²) in [5.41, 5.74) is 1.94. The normalized spacial score (nSPS) is 29.4. The van der Waals surface area contributed by atoms with Gasteiger partial charge in [0.2, 0.25) is 0 Å². The van der Waals surface area contributed by atoms with Crippen molar-refractivity contribution in [3.05, 3.63) is 16.6 Å². The van der Waals surface area contributed by atoms with E-state index in [9.17, 15) is 0 Å². The van der Waals surface area contributed by atoms with Crippen molar-refractivity contribution < 1.29 is 0 Å². The molecule has 3 nitrogen and oxygen atoms in total. The third kappa shape index (κ3) is 3.06. The van der Waals surface area contributed by atoms with Crippen molar-refractivity contribution in [2.75, 3.05) is 19.6 Å². The molecule has 3 rings (SSSR count). The van der Waals surface area contributed by atoms with Crippen molar-refractivity contribution in [2.45, 2.75) is 37.6 Å². The van der Waals surface area contributed by atoms with Crippen LogP contribution in [0.25, 0.3) is 0 Å². The third-order valence-electron chi connectivity index (χ3n) is 4.03. The van der Waals surface area contributed by atoms with E-state index in [4.69, 9.17) is 0 Å². The van der Waals surface area contributed by atoms with E-state index < -0.39 is 0 Å². The second-order valence-electron chi connectivity index (χ2n) is 5.29. The number of thiazole rings is 1. The lowest BCUT2D eigenvalue weighted by Crippen LogP contribution is -2.30. The Kier molecular flexibility index (Phi) is 3.74. The molecule has 1 aromatic rings. The highest BCUT2D eigenvalue weighted by atomic mass is 32.1. The largest absolute Gasteiger partial charge is 0.317 e. The first-order valence-corrected chi connectivity index (χ1v) is 7.64. The van der Waals surface area contributed by atoms with Gasteiger partial charge in [-0.1, -0.05) is 0 Å². The minimum atomic E-state index is 0.733. The Hall–Kier alpha value is -0.450. The predicted molar refractivity (Wildman–Crippen MR) is 71.5 cm³/mol. The topological polar surface area (TPSA) is 37.0 Å². The number of hydrogen-bond donors (Lipinski definition) is 2. The maximum atomic E-state index is 4.16. The molecule has 1 aliphatic carbocycles. The maximum Gasteiger partial charge on any atom is 0.0794 e. The number of piperidine rings is 1. The van der Waals surface area contributed by atoms with Crippen LogP contribution < -0.4 is 10.6 Å². The molecule has 0 spiro atoms. The van der Waals surface area contributed by atoms with Gasteiger partial charge in [-0.05, 0) is 51.2 Å². The summed E-state index contributed by atoms with van der Waals surface area (Å²) in [4.78, 5) is 5.62. The second kappa shape index (κ2) is 5.46. The van der Waals surface area contributed by atoms with E-state index in [1.807, 2.05) is 11.7 Å². The van der Waals surface area contributed by atoms with Crippen molar-refractivity contribution in [3.63, 3.8) is 0 Å². The van der Waals surface area contributed by atoms with Crippen molar-refractivity contribution in [1.29, 1.82) is 0 Å². The summed E-state index contributed by atoms with van der Waals surface area (Å²) in [7, 11) is 0. The summed E-state index contributed by atoms with van der Waals surface area (Å²) in [5.74, 6) is 1.71. The highest BCUT2D eigenvalue weighted by Gasteiger charge is 2.38. The minimum Gasteiger partial charge on any atom is -0.317 e. The minimum absolute atomic E-state index is 0.733. The Labute approximate surface area is 107 Å². The van der Waals surface area contributed by atoms with Crippen LogP contribution in [-0.4, -0.2) is 30.7 Å². The number of rotatable bonds is 5. The van der Waals surface area contributed by atoms with E-state index in [2.05, 4.69) is 15.6 Å². The number of hydrogen-bond acceptors (Lipinski definition) is 4. The molecular formula is C13H21N3S. The lowest BCUT2D eigenvalue weighted by Gasteiger charge is -2.22. The lowest BCUT2D eigenvalue weighted by atomic mass is 9.95. The van der Waals surface area contributed by atoms with E-state index >= 15 is 0 Å². The fraction of sp³-hybridized carbons (Fsp3) is 0.769. The van der Waals surface area contributed by atoms with Gasteiger partial charge in [-0.25, -0.2) is 0 Å². The molecule has 94 valence electrons. The Morgan fingerprint density at radius 1 is 1.41 bits per heavy atom. The van der Waals surface area contributed by atoms with Crippen LogP contribution in [0.15, 0.2) is 11.7 Å². The molecular weight excluding hydrogens is 230 g/mol. The lowest BCUT2D eigenvalue weighted by molar-refractivity contribution is 0.348. The molecule has 1 aromatic heterocycles. The summed E-state index contributed by atoms with van der Waals surface area (Å²) in [6.45, 7) is 3.64. The van der Waals surface area contributed by atoms with Crippen LogP contribution in [0.1, 0.15) is 36.5 Å². The Balaban J connectivity index is 1.33. The molecule has 0 amide bonds. The van der Waals surface area contributed by atoms with Gasteiger partial charge in [-0.3, -0.25) is 4.98 Å². The zero-order chi connectivity index (χ0) is 11.5. The van der Waals surface area contributed by atoms with Crippen LogP contribution in [0.4, 0.5) is 0 Å². The van der Waals surface area contributed by atoms with Crippen LogP contribution in [-0.2, 0) is 0 Å². The molecule has 2 fully saturated rings. The molecule has 2 N–H and O–H groups in total. The molecule has 2 aliphatic rings. The van der Waals surface area contributed by atoms with Gasteiger partial charge in [-0.2, -0.15) is 0 Å². The smallest absolute Gasteiger partial charge is 0.0794 e. The van der Waals surface area contributed by atoms with Crippen LogP contribution in [0.2, 0.25) is 0 Å². The number of aromatic nitrogens is 1. The first kappa shape index (κ1) is 11.6. The van der Waals surface area contributed by atoms with Crippen molar-refractivity contribution in [1.82, 2.24) is 15.6 Å². The molecule has 0 unspecified atom stereocenters. The SMILES string of the molecule is c1ncc([C@@H]2C[C@H]2NCCC2CCNCC2)s1. The molecule has 17 heavy (non-hydrogen) atoms. The first-order chi connectivity index (χ1) is 8.43. The standard InChI is InChI=1S/C13H21N3S/c1-4-14-5-2-10(1)3-6-16-12-7-11(12)13-8-15-9-17-13/h8-12,14,16H,1-7H2/t11-,12-/m1/s1. The van der Waals surface area contributed by atoms with Gasteiger partial charge in [0.05, 0.1) is 5.51 Å². The molecule has 0 bridgehead atoms. The summed E-state index contributed by atoms with van der Waals surface area (Å²) >= 11 is 1.80. The average Bonchev–Trinajstić information content (AvgIpc) is 2.93. The quantitative estimate of drug-likeness (QED) is 0.840. The Bertz CT molecular complexity index is 332. The first-order valence-electron chi connectivity index (χ1n) is 6.76. The predicted octanol–water partition coefficient (Wildman–Crippen LogP) is 1.98. The summed E-state index contributed by atoms with van der Waals surface area (Å²) in [5, 5.41) is 7.13. The van der Waals surface area contributed by atoms with Gasteiger partial charge in [0.25, 0.3) is 0 Å². The van der Waals surface area contributed by atoms with Gasteiger partial charge in [0, 0.05) is 23.0 Å². The van der Waals surface area contributed by atoms with E-state index in [0.717, 1.165) is 17.9 Å². The monoisotopic (exact) mass is 251 g/mol. The summed E-state index contributed by atoms with van der Waals surface area (Å²) in [6, 6.07) is 0.733. The number of nitrogens with zero attached hydrogens (tertiary/aromatic N) is 1. The maximum absolute atomic E-state index is 4.16. The molecule has 2 atom stereocenters. The van der Waals surface area contributed by atoms with Crippen molar-refractivity contribution >= 4 is 11.3 Å². The Morgan fingerprint density at radius 3 is 3.06 bits per heavy atom. The second-order valence-corrected chi connectivity index (χ2v) is 6.21. The van der Waals surface area contributed by atoms with E-state index in [1.165, 1.54) is 50.2 Å². The fourth-order valence-electron chi connectivity index (χ4n) is 2.79. The van der Waals surface area contributed by atoms with Crippen molar-refractivity contribution in [2.24, 2.45) is 5.92 Å². The van der Waals surface area contributed by atoms with Crippen LogP contribution in [0, 0.1) is 5.92 Å². The van der Waals surface area contributed by atoms with E-state index in [1.54, 1.807) is 11.3 Å². The van der Waals surface area contributed by atoms with Gasteiger partial charge < -0.3 is 10.6 Å². The van der Waals surface area contributed by atoms with Crippen LogP contribution in [0.5, 0.6) is 0 Å². The van der Waals surface area contributed by atoms with Gasteiger partial charge in [0.1, 0.15) is 0 Å². The Morgan fingerprint density at radius 2 is 2.29 bits per heavy atom. The zero-order valence-corrected chi connectivity index (χ0v) is 11.0. The van der Waals surface area contributed by atoms with Crippen LogP contribution >= 0.6 is 11.3 Å². The average molecular weight is 251 g/mol. The van der Waals surface area contributed by atoms with Gasteiger partial charge in [-0.15, -0.1) is 11.3 Å². The van der Waals surface area contributed by atoms with Gasteiger partial charge in [0.15, 0.2) is 0 Å². The molecule has 1 saturated carbocycles. The van der Waals surface area contributed by atoms with Crippen LogP contribution in [0.3, 0.4) is 0 Å². The van der Waals surface area contributed by atoms with Crippen molar-refractivity contribution in [3.8, 4) is 0 Å². The van der Waals surface area contributed by atoms with E-state index in [-0.39, 0.29) is 0 Å². The zero-order valence-electron chi connectivity index (χ0n) is 10.2. The summed E-state index contributed by atoms with van der Waals surface area (Å²) < 4.78 is 0. The fourth-order valence-corrected chi connectivity index (χ4v) is 3.59. The molecule has 0 aromatic carbocycles. The van der Waals surface area contributed by atoms with E-state index in [0.29, 0.717) is 0 Å².